The molecule has 0 aliphatic heterocycles. The summed E-state index contributed by atoms with van der Waals surface area (Å²) in [5, 5.41) is 11.0. The molecule has 0 saturated carbocycles. The quantitative estimate of drug-likeness (QED) is 0.477. The van der Waals surface area contributed by atoms with Gasteiger partial charge in [0, 0.05) is 12.1 Å². The first-order chi connectivity index (χ1) is 11.3. The highest BCUT2D eigenvalue weighted by Gasteiger charge is 2.16. The second kappa shape index (κ2) is 7.08. The van der Waals surface area contributed by atoms with Crippen LogP contribution in [0.4, 0.5) is 5.69 Å². The molecule has 7 heteroatoms. The Morgan fingerprint density at radius 1 is 1.29 bits per heavy atom. The maximum Gasteiger partial charge on any atom is 0.338 e. The van der Waals surface area contributed by atoms with E-state index in [0.29, 0.717) is 11.1 Å². The van der Waals surface area contributed by atoms with E-state index in [0.717, 1.165) is 0 Å². The number of nitro groups is 1. The van der Waals surface area contributed by atoms with Gasteiger partial charge in [-0.25, -0.2) is 4.79 Å². The number of hydrogen-bond donors (Lipinski definition) is 0. The maximum atomic E-state index is 12.0. The predicted molar refractivity (Wildman–Crippen MR) is 88.2 cm³/mol. The van der Waals surface area contributed by atoms with Crippen molar-refractivity contribution in [1.82, 2.24) is 4.57 Å². The Hall–Kier alpha value is -2.96. The number of carbonyl (C=O) groups is 1. The van der Waals surface area contributed by atoms with Gasteiger partial charge < -0.3 is 9.30 Å². The lowest BCUT2D eigenvalue weighted by Gasteiger charge is -2.12. The molecule has 0 aliphatic rings. The third-order valence-corrected chi connectivity index (χ3v) is 3.47. The Kier molecular flexibility index (Phi) is 5.13. The van der Waals surface area contributed by atoms with Crippen LogP contribution in [0.1, 0.15) is 35.5 Å². The molecule has 0 spiro atoms. The highest BCUT2D eigenvalue weighted by atomic mass is 16.6. The van der Waals surface area contributed by atoms with E-state index in [1.165, 1.54) is 23.6 Å². The summed E-state index contributed by atoms with van der Waals surface area (Å²) in [6, 6.07) is 9.04. The average molecular weight is 330 g/mol. The molecule has 1 aromatic carbocycles. The van der Waals surface area contributed by atoms with Crippen LogP contribution in [0.25, 0.3) is 0 Å². The number of esters is 1. The van der Waals surface area contributed by atoms with Gasteiger partial charge >= 0.3 is 5.97 Å². The molecule has 1 heterocycles. The summed E-state index contributed by atoms with van der Waals surface area (Å²) in [4.78, 5) is 34.5. The van der Waals surface area contributed by atoms with Gasteiger partial charge in [0.2, 0.25) is 0 Å². The van der Waals surface area contributed by atoms with Gasteiger partial charge in [-0.2, -0.15) is 0 Å². The monoisotopic (exact) mass is 330 g/mol. The number of benzene rings is 1. The summed E-state index contributed by atoms with van der Waals surface area (Å²) in [6.07, 6.45) is -0.234. The van der Waals surface area contributed by atoms with Gasteiger partial charge in [-0.1, -0.05) is 12.1 Å². The summed E-state index contributed by atoms with van der Waals surface area (Å²) in [7, 11) is 0. The largest absolute Gasteiger partial charge is 0.459 e. The molecule has 1 aromatic heterocycles. The van der Waals surface area contributed by atoms with Crippen molar-refractivity contribution in [3.8, 4) is 0 Å². The Morgan fingerprint density at radius 2 is 2.00 bits per heavy atom. The molecule has 126 valence electrons. The lowest BCUT2D eigenvalue weighted by Crippen LogP contribution is -2.23. The van der Waals surface area contributed by atoms with Crippen molar-refractivity contribution in [3.05, 3.63) is 73.7 Å². The van der Waals surface area contributed by atoms with Crippen LogP contribution >= 0.6 is 0 Å². The van der Waals surface area contributed by atoms with Crippen molar-refractivity contribution in [2.24, 2.45) is 0 Å². The Morgan fingerprint density at radius 3 is 2.62 bits per heavy atom. The molecule has 0 fully saturated rings. The maximum absolute atomic E-state index is 12.0. The zero-order valence-corrected chi connectivity index (χ0v) is 13.7. The number of nitrogens with zero attached hydrogens (tertiary/aromatic N) is 2. The first-order valence-corrected chi connectivity index (χ1v) is 7.44. The highest BCUT2D eigenvalue weighted by Crippen LogP contribution is 2.16. The van der Waals surface area contributed by atoms with Crippen molar-refractivity contribution in [1.29, 1.82) is 0 Å². The van der Waals surface area contributed by atoms with Crippen molar-refractivity contribution in [2.45, 2.75) is 33.4 Å². The Bertz CT molecular complexity index is 839. The minimum absolute atomic E-state index is 0.120. The predicted octanol–water partition coefficient (Wildman–Crippen LogP) is 2.68. The van der Waals surface area contributed by atoms with Crippen LogP contribution in [-0.2, 0) is 11.3 Å². The lowest BCUT2D eigenvalue weighted by molar-refractivity contribution is -0.386. The molecule has 24 heavy (non-hydrogen) atoms. The molecule has 7 nitrogen and oxygen atoms in total. The second-order valence-corrected chi connectivity index (χ2v) is 5.64. The second-order valence-electron chi connectivity index (χ2n) is 5.64. The lowest BCUT2D eigenvalue weighted by atomic mass is 10.1. The van der Waals surface area contributed by atoms with Crippen molar-refractivity contribution < 1.29 is 14.5 Å². The van der Waals surface area contributed by atoms with E-state index in [1.807, 2.05) is 0 Å². The van der Waals surface area contributed by atoms with E-state index >= 15 is 0 Å². The van der Waals surface area contributed by atoms with Crippen LogP contribution in [-0.4, -0.2) is 21.6 Å². The van der Waals surface area contributed by atoms with E-state index < -0.39 is 10.9 Å². The van der Waals surface area contributed by atoms with Gasteiger partial charge in [-0.3, -0.25) is 14.9 Å². The van der Waals surface area contributed by atoms with Gasteiger partial charge in [0.25, 0.3) is 11.2 Å². The van der Waals surface area contributed by atoms with Crippen molar-refractivity contribution in [2.75, 3.05) is 0 Å². The standard InChI is InChI=1S/C17H18N2O5/c1-11(2)24-17(21)14-6-4-5-13(9-14)10-18-12(3)15(19(22)23)7-8-16(18)20/h4-9,11H,10H2,1-3H3. The molecule has 0 bridgehead atoms. The van der Waals surface area contributed by atoms with Gasteiger partial charge in [0.1, 0.15) is 0 Å². The first kappa shape index (κ1) is 17.4. The van der Waals surface area contributed by atoms with Crippen LogP contribution < -0.4 is 5.56 Å². The fourth-order valence-corrected chi connectivity index (χ4v) is 2.32. The molecule has 2 aromatic rings. The van der Waals surface area contributed by atoms with Crippen LogP contribution in [0.15, 0.2) is 41.2 Å². The first-order valence-electron chi connectivity index (χ1n) is 7.44. The summed E-state index contributed by atoms with van der Waals surface area (Å²) in [5.41, 5.74) is 0.858. The molecular weight excluding hydrogens is 312 g/mol. The molecule has 0 amide bonds. The topological polar surface area (TPSA) is 91.4 Å². The zero-order valence-electron chi connectivity index (χ0n) is 13.7. The third-order valence-electron chi connectivity index (χ3n) is 3.47. The van der Waals surface area contributed by atoms with Crippen molar-refractivity contribution in [3.63, 3.8) is 0 Å². The van der Waals surface area contributed by atoms with E-state index in [-0.39, 0.29) is 29.6 Å². The Balaban J connectivity index is 2.36. The Labute approximate surface area is 138 Å². The fourth-order valence-electron chi connectivity index (χ4n) is 2.32. The van der Waals surface area contributed by atoms with E-state index in [9.17, 15) is 19.7 Å². The van der Waals surface area contributed by atoms with E-state index in [1.54, 1.807) is 38.1 Å². The number of ether oxygens (including phenoxy) is 1. The van der Waals surface area contributed by atoms with Crippen LogP contribution in [0.2, 0.25) is 0 Å². The molecule has 0 aliphatic carbocycles. The van der Waals surface area contributed by atoms with Crippen LogP contribution in [0.5, 0.6) is 0 Å². The van der Waals surface area contributed by atoms with E-state index in [2.05, 4.69) is 0 Å². The molecule has 0 atom stereocenters. The normalized spacial score (nSPS) is 10.7. The van der Waals surface area contributed by atoms with Gasteiger partial charge in [0.15, 0.2) is 0 Å². The molecular formula is C17H18N2O5. The third kappa shape index (κ3) is 3.87. The van der Waals surface area contributed by atoms with Gasteiger partial charge in [0.05, 0.1) is 28.8 Å². The molecule has 0 unspecified atom stereocenters. The summed E-state index contributed by atoms with van der Waals surface area (Å²) in [6.45, 7) is 5.17. The van der Waals surface area contributed by atoms with Gasteiger partial charge in [-0.05, 0) is 38.5 Å². The minimum Gasteiger partial charge on any atom is -0.459 e. The summed E-state index contributed by atoms with van der Waals surface area (Å²) < 4.78 is 6.45. The summed E-state index contributed by atoms with van der Waals surface area (Å²) >= 11 is 0. The molecule has 0 radical (unpaired) electrons. The number of aromatic nitrogens is 1. The minimum atomic E-state index is -0.526. The number of pyridine rings is 1. The van der Waals surface area contributed by atoms with E-state index in [4.69, 9.17) is 4.74 Å². The molecule has 2 rings (SSSR count). The van der Waals surface area contributed by atoms with Crippen LogP contribution in [0, 0.1) is 17.0 Å². The highest BCUT2D eigenvalue weighted by molar-refractivity contribution is 5.89. The number of rotatable bonds is 5. The van der Waals surface area contributed by atoms with Crippen LogP contribution in [0.3, 0.4) is 0 Å². The number of carbonyl (C=O) groups excluding carboxylic acids is 1. The zero-order chi connectivity index (χ0) is 17.9. The SMILES string of the molecule is Cc1c([N+](=O)[O-])ccc(=O)n1Cc1cccc(C(=O)OC(C)C)c1. The average Bonchev–Trinajstić information content (AvgIpc) is 2.50. The number of hydrogen-bond acceptors (Lipinski definition) is 5. The smallest absolute Gasteiger partial charge is 0.338 e. The molecule has 0 N–H and O–H groups in total. The van der Waals surface area contributed by atoms with Gasteiger partial charge in [-0.15, -0.1) is 0 Å². The summed E-state index contributed by atoms with van der Waals surface area (Å²) in [5.74, 6) is -0.449. The van der Waals surface area contributed by atoms with Crippen molar-refractivity contribution >= 4 is 11.7 Å². The fraction of sp³-hybridized carbons (Fsp3) is 0.294. The molecule has 0 saturated heterocycles.